The van der Waals surface area contributed by atoms with Crippen molar-refractivity contribution < 1.29 is 4.42 Å². The highest BCUT2D eigenvalue weighted by molar-refractivity contribution is 6.17. The minimum Gasteiger partial charge on any atom is -0.441 e. The van der Waals surface area contributed by atoms with E-state index in [-0.39, 0.29) is 0 Å². The van der Waals surface area contributed by atoms with E-state index in [9.17, 15) is 0 Å². The summed E-state index contributed by atoms with van der Waals surface area (Å²) in [5, 5.41) is 0. The van der Waals surface area contributed by atoms with Crippen molar-refractivity contribution in [3.63, 3.8) is 0 Å². The van der Waals surface area contributed by atoms with Crippen molar-refractivity contribution in [2.45, 2.75) is 32.2 Å². The molecule has 112 valence electrons. The number of aromatic nitrogens is 1. The first-order valence-electron chi connectivity index (χ1n) is 7.58. The normalized spacial score (nSPS) is 15.1. The van der Waals surface area contributed by atoms with Crippen LogP contribution in [0.4, 0.5) is 0 Å². The van der Waals surface area contributed by atoms with Gasteiger partial charge >= 0.3 is 0 Å². The van der Waals surface area contributed by atoms with Gasteiger partial charge in [-0.3, -0.25) is 4.90 Å². The van der Waals surface area contributed by atoms with Gasteiger partial charge in [0, 0.05) is 31.0 Å². The van der Waals surface area contributed by atoms with Crippen molar-refractivity contribution in [1.29, 1.82) is 0 Å². The largest absolute Gasteiger partial charge is 0.441 e. The van der Waals surface area contributed by atoms with E-state index in [4.69, 9.17) is 16.0 Å². The molecule has 21 heavy (non-hydrogen) atoms. The highest BCUT2D eigenvalue weighted by Gasteiger charge is 2.20. The van der Waals surface area contributed by atoms with Crippen LogP contribution in [0.2, 0.25) is 0 Å². The smallest absolute Gasteiger partial charge is 0.226 e. The monoisotopic (exact) mass is 304 g/mol. The van der Waals surface area contributed by atoms with Gasteiger partial charge in [0.2, 0.25) is 5.89 Å². The highest BCUT2D eigenvalue weighted by Crippen LogP contribution is 2.26. The molecule has 1 aliphatic rings. The van der Waals surface area contributed by atoms with Gasteiger partial charge in [0.15, 0.2) is 0 Å². The molecule has 0 unspecified atom stereocenters. The maximum absolute atomic E-state index is 5.92. The number of hydrogen-bond acceptors (Lipinski definition) is 3. The lowest BCUT2D eigenvalue weighted by atomic mass is 10.1. The van der Waals surface area contributed by atoms with Crippen molar-refractivity contribution >= 4 is 11.6 Å². The van der Waals surface area contributed by atoms with Crippen LogP contribution in [0.5, 0.6) is 0 Å². The van der Waals surface area contributed by atoms with Crippen molar-refractivity contribution in [1.82, 2.24) is 9.88 Å². The number of benzene rings is 1. The quantitative estimate of drug-likeness (QED) is 0.620. The molecule has 3 nitrogen and oxygen atoms in total. The van der Waals surface area contributed by atoms with E-state index in [1.165, 1.54) is 5.56 Å². The summed E-state index contributed by atoms with van der Waals surface area (Å²) in [7, 11) is 2.12. The predicted molar refractivity (Wildman–Crippen MR) is 85.6 cm³/mol. The summed E-state index contributed by atoms with van der Waals surface area (Å²) in [6.45, 7) is 1.93. The van der Waals surface area contributed by atoms with E-state index < -0.39 is 0 Å². The number of hydrogen-bond donors (Lipinski definition) is 0. The number of fused-ring (bicyclic) bond motifs is 1. The van der Waals surface area contributed by atoms with E-state index in [0.717, 1.165) is 67.6 Å². The zero-order valence-corrected chi connectivity index (χ0v) is 13.2. The maximum Gasteiger partial charge on any atom is 0.226 e. The van der Waals surface area contributed by atoms with Gasteiger partial charge in [0.05, 0.1) is 5.69 Å². The van der Waals surface area contributed by atoms with Gasteiger partial charge < -0.3 is 4.42 Å². The van der Waals surface area contributed by atoms with Crippen LogP contribution in [-0.4, -0.2) is 29.4 Å². The van der Waals surface area contributed by atoms with E-state index in [0.29, 0.717) is 0 Å². The van der Waals surface area contributed by atoms with Crippen molar-refractivity contribution in [2.24, 2.45) is 0 Å². The fraction of sp³-hybridized carbons (Fsp3) is 0.471. The van der Waals surface area contributed by atoms with Crippen LogP contribution < -0.4 is 0 Å². The first-order chi connectivity index (χ1) is 10.3. The summed E-state index contributed by atoms with van der Waals surface area (Å²) >= 11 is 5.71. The summed E-state index contributed by atoms with van der Waals surface area (Å²) < 4.78 is 5.92. The molecule has 0 bridgehead atoms. The number of rotatable bonds is 5. The minimum atomic E-state index is 0.744. The van der Waals surface area contributed by atoms with Crippen LogP contribution in [-0.2, 0) is 19.4 Å². The number of nitrogens with zero attached hydrogens (tertiary/aromatic N) is 2. The minimum absolute atomic E-state index is 0.744. The molecule has 2 heterocycles. The Bertz CT molecular complexity index is 591. The Balaban J connectivity index is 1.72. The lowest BCUT2D eigenvalue weighted by Gasteiger charge is -2.19. The molecule has 1 aromatic heterocycles. The lowest BCUT2D eigenvalue weighted by molar-refractivity contribution is 0.292. The third-order valence-corrected chi connectivity index (χ3v) is 4.24. The number of alkyl halides is 1. The number of unbranched alkanes of at least 4 members (excludes halogenated alkanes) is 1. The van der Waals surface area contributed by atoms with Crippen LogP contribution >= 0.6 is 11.6 Å². The molecule has 2 aromatic rings. The van der Waals surface area contributed by atoms with E-state index in [1.54, 1.807) is 0 Å². The Labute approximate surface area is 130 Å². The standard InChI is InChI=1S/C17H21ClN2O/c1-20-11-9-16-15(12-20)19-17(21-16)14-7-5-13(6-8-14)4-2-3-10-18/h5-8H,2-4,9-12H2,1H3. The molecule has 3 rings (SSSR count). The first kappa shape index (κ1) is 14.6. The van der Waals surface area contributed by atoms with Crippen LogP contribution in [0.15, 0.2) is 28.7 Å². The summed E-state index contributed by atoms with van der Waals surface area (Å²) in [5.74, 6) is 2.55. The van der Waals surface area contributed by atoms with Crippen LogP contribution in [0.1, 0.15) is 29.9 Å². The van der Waals surface area contributed by atoms with Crippen LogP contribution in [0, 0.1) is 0 Å². The average Bonchev–Trinajstić information content (AvgIpc) is 2.91. The second-order valence-corrected chi connectivity index (χ2v) is 6.10. The predicted octanol–water partition coefficient (Wildman–Crippen LogP) is 3.89. The van der Waals surface area contributed by atoms with Crippen molar-refractivity contribution in [2.75, 3.05) is 19.5 Å². The molecule has 0 spiro atoms. The summed E-state index contributed by atoms with van der Waals surface area (Å²) in [6.07, 6.45) is 4.25. The number of oxazole rings is 1. The van der Waals surface area contributed by atoms with E-state index in [1.807, 2.05) is 0 Å². The van der Waals surface area contributed by atoms with Crippen LogP contribution in [0.3, 0.4) is 0 Å². The second kappa shape index (κ2) is 6.63. The van der Waals surface area contributed by atoms with Gasteiger partial charge in [-0.2, -0.15) is 0 Å². The topological polar surface area (TPSA) is 29.3 Å². The Hall–Kier alpha value is -1.32. The van der Waals surface area contributed by atoms with E-state index >= 15 is 0 Å². The molecule has 0 fully saturated rings. The average molecular weight is 305 g/mol. The molecule has 0 radical (unpaired) electrons. The molecule has 0 saturated carbocycles. The van der Waals surface area contributed by atoms with Gasteiger partial charge in [-0.25, -0.2) is 4.98 Å². The second-order valence-electron chi connectivity index (χ2n) is 5.72. The molecule has 1 aromatic carbocycles. The van der Waals surface area contributed by atoms with Crippen molar-refractivity contribution in [3.05, 3.63) is 41.3 Å². The third-order valence-electron chi connectivity index (χ3n) is 3.97. The maximum atomic E-state index is 5.92. The SMILES string of the molecule is CN1CCc2oc(-c3ccc(CCCCCl)cc3)nc2C1. The van der Waals surface area contributed by atoms with Gasteiger partial charge in [-0.15, -0.1) is 11.6 Å². The molecule has 4 heteroatoms. The van der Waals surface area contributed by atoms with E-state index in [2.05, 4.69) is 41.2 Å². The van der Waals surface area contributed by atoms with Gasteiger partial charge in [-0.05, 0) is 44.0 Å². The zero-order valence-electron chi connectivity index (χ0n) is 12.4. The van der Waals surface area contributed by atoms with Gasteiger partial charge in [0.1, 0.15) is 5.76 Å². The summed E-state index contributed by atoms with van der Waals surface area (Å²) in [6, 6.07) is 8.55. The Kier molecular flexibility index (Phi) is 4.61. The van der Waals surface area contributed by atoms with Crippen molar-refractivity contribution in [3.8, 4) is 11.5 Å². The Morgan fingerprint density at radius 3 is 2.81 bits per heavy atom. The van der Waals surface area contributed by atoms with Crippen LogP contribution in [0.25, 0.3) is 11.5 Å². The van der Waals surface area contributed by atoms with Gasteiger partial charge in [-0.1, -0.05) is 12.1 Å². The molecular formula is C17H21ClN2O. The Morgan fingerprint density at radius 2 is 2.05 bits per heavy atom. The molecule has 0 N–H and O–H groups in total. The fourth-order valence-corrected chi connectivity index (χ4v) is 2.88. The third kappa shape index (κ3) is 3.47. The molecule has 0 saturated heterocycles. The zero-order chi connectivity index (χ0) is 14.7. The number of aryl methyl sites for hydroxylation is 1. The molecular weight excluding hydrogens is 284 g/mol. The summed E-state index contributed by atoms with van der Waals surface area (Å²) in [4.78, 5) is 6.92. The molecule has 0 amide bonds. The first-order valence-corrected chi connectivity index (χ1v) is 8.12. The molecule has 1 aliphatic heterocycles. The summed E-state index contributed by atoms with van der Waals surface area (Å²) in [5.41, 5.74) is 3.50. The Morgan fingerprint density at radius 1 is 1.24 bits per heavy atom. The fourth-order valence-electron chi connectivity index (χ4n) is 2.69. The number of halogens is 1. The molecule has 0 atom stereocenters. The number of likely N-dealkylation sites (N-methyl/N-ethyl adjacent to an activating group) is 1. The van der Waals surface area contributed by atoms with Gasteiger partial charge in [0.25, 0.3) is 0 Å². The molecule has 0 aliphatic carbocycles. The highest BCUT2D eigenvalue weighted by atomic mass is 35.5. The lowest BCUT2D eigenvalue weighted by Crippen LogP contribution is -2.25.